The lowest BCUT2D eigenvalue weighted by atomic mass is 10.1. The maximum absolute atomic E-state index is 11.7. The van der Waals surface area contributed by atoms with E-state index >= 15 is 0 Å². The smallest absolute Gasteiger partial charge is 0.429 e. The van der Waals surface area contributed by atoms with Crippen molar-refractivity contribution < 1.29 is 14.3 Å². The van der Waals surface area contributed by atoms with Crippen LogP contribution in [-0.2, 0) is 17.8 Å². The molecule has 0 spiro atoms. The van der Waals surface area contributed by atoms with Crippen LogP contribution < -0.4 is 4.74 Å². The van der Waals surface area contributed by atoms with Gasteiger partial charge in [0.2, 0.25) is 0 Å². The van der Waals surface area contributed by atoms with E-state index in [1.807, 2.05) is 54.6 Å². The van der Waals surface area contributed by atoms with Gasteiger partial charge in [0.05, 0.1) is 0 Å². The summed E-state index contributed by atoms with van der Waals surface area (Å²) < 4.78 is 10.3. The fraction of sp³-hybridized carbons (Fsp3) is 0.350. The summed E-state index contributed by atoms with van der Waals surface area (Å²) in [7, 11) is 0. The summed E-state index contributed by atoms with van der Waals surface area (Å²) in [6, 6.07) is 17.2. The number of aryl methyl sites for hydroxylation is 1. The Morgan fingerprint density at radius 3 is 2.30 bits per heavy atom. The summed E-state index contributed by atoms with van der Waals surface area (Å²) in [5, 5.41) is 0. The Labute approximate surface area is 138 Å². The normalized spacial score (nSPS) is 10.3. The maximum Gasteiger partial charge on any atom is 0.514 e. The van der Waals surface area contributed by atoms with Crippen molar-refractivity contribution in [3.63, 3.8) is 0 Å². The fourth-order valence-electron chi connectivity index (χ4n) is 2.32. The highest BCUT2D eigenvalue weighted by atomic mass is 16.7. The van der Waals surface area contributed by atoms with Gasteiger partial charge in [0.1, 0.15) is 12.4 Å². The Morgan fingerprint density at radius 2 is 1.61 bits per heavy atom. The molecule has 2 aromatic carbocycles. The third-order valence-corrected chi connectivity index (χ3v) is 3.64. The lowest BCUT2D eigenvalue weighted by Crippen LogP contribution is -2.10. The SMILES string of the molecule is CCCCCCc1ccc(OC(=O)OCc2ccccc2)cc1. The van der Waals surface area contributed by atoms with E-state index in [1.165, 1.54) is 31.2 Å². The minimum absolute atomic E-state index is 0.217. The Bertz CT molecular complexity index is 576. The van der Waals surface area contributed by atoms with Crippen LogP contribution in [0.3, 0.4) is 0 Å². The number of ether oxygens (including phenoxy) is 2. The molecule has 0 aromatic heterocycles. The fourth-order valence-corrected chi connectivity index (χ4v) is 2.32. The van der Waals surface area contributed by atoms with Gasteiger partial charge in [-0.3, -0.25) is 0 Å². The van der Waals surface area contributed by atoms with Gasteiger partial charge < -0.3 is 9.47 Å². The second-order valence-electron chi connectivity index (χ2n) is 5.58. The quantitative estimate of drug-likeness (QED) is 0.365. The molecule has 2 rings (SSSR count). The molecule has 3 heteroatoms. The van der Waals surface area contributed by atoms with E-state index in [1.54, 1.807) is 0 Å². The zero-order chi connectivity index (χ0) is 16.3. The van der Waals surface area contributed by atoms with Crippen LogP contribution in [0, 0.1) is 0 Å². The first kappa shape index (κ1) is 17.1. The van der Waals surface area contributed by atoms with Crippen molar-refractivity contribution in [2.24, 2.45) is 0 Å². The first-order valence-corrected chi connectivity index (χ1v) is 8.25. The third-order valence-electron chi connectivity index (χ3n) is 3.64. The predicted molar refractivity (Wildman–Crippen MR) is 91.5 cm³/mol. The third kappa shape index (κ3) is 6.55. The van der Waals surface area contributed by atoms with Crippen molar-refractivity contribution in [1.82, 2.24) is 0 Å². The molecule has 2 aromatic rings. The van der Waals surface area contributed by atoms with Crippen molar-refractivity contribution in [2.75, 3.05) is 0 Å². The number of rotatable bonds is 8. The zero-order valence-corrected chi connectivity index (χ0v) is 13.7. The van der Waals surface area contributed by atoms with Gasteiger partial charge >= 0.3 is 6.16 Å². The molecule has 0 bridgehead atoms. The molecule has 0 radical (unpaired) electrons. The van der Waals surface area contributed by atoms with Gasteiger partial charge in [0.15, 0.2) is 0 Å². The molecule has 23 heavy (non-hydrogen) atoms. The molecule has 0 saturated carbocycles. The Kier molecular flexibility index (Phi) is 7.18. The summed E-state index contributed by atoms with van der Waals surface area (Å²) in [4.78, 5) is 11.7. The van der Waals surface area contributed by atoms with Crippen LogP contribution in [0.4, 0.5) is 4.79 Å². The lowest BCUT2D eigenvalue weighted by molar-refractivity contribution is 0.0928. The van der Waals surface area contributed by atoms with E-state index in [0.717, 1.165) is 12.0 Å². The van der Waals surface area contributed by atoms with E-state index in [9.17, 15) is 4.79 Å². The first-order valence-electron chi connectivity index (χ1n) is 8.25. The molecule has 0 aliphatic heterocycles. The summed E-state index contributed by atoms with van der Waals surface area (Å²) in [6.45, 7) is 2.43. The second kappa shape index (κ2) is 9.67. The van der Waals surface area contributed by atoms with Crippen molar-refractivity contribution in [3.05, 3.63) is 65.7 Å². The first-order chi connectivity index (χ1) is 11.3. The highest BCUT2D eigenvalue weighted by Crippen LogP contribution is 2.15. The van der Waals surface area contributed by atoms with Crippen LogP contribution in [0.2, 0.25) is 0 Å². The number of benzene rings is 2. The number of unbranched alkanes of at least 4 members (excludes halogenated alkanes) is 3. The lowest BCUT2D eigenvalue weighted by Gasteiger charge is -2.07. The number of carbonyl (C=O) groups excluding carboxylic acids is 1. The molecule has 122 valence electrons. The molecule has 0 saturated heterocycles. The molecule has 0 unspecified atom stereocenters. The number of carbonyl (C=O) groups is 1. The van der Waals surface area contributed by atoms with Crippen LogP contribution in [0.15, 0.2) is 54.6 Å². The van der Waals surface area contributed by atoms with Gasteiger partial charge in [0.25, 0.3) is 0 Å². The zero-order valence-electron chi connectivity index (χ0n) is 13.7. The van der Waals surface area contributed by atoms with Crippen LogP contribution in [0.5, 0.6) is 5.75 Å². The van der Waals surface area contributed by atoms with Crippen molar-refractivity contribution >= 4 is 6.16 Å². The van der Waals surface area contributed by atoms with E-state index in [2.05, 4.69) is 6.92 Å². The van der Waals surface area contributed by atoms with Crippen LogP contribution in [0.25, 0.3) is 0 Å². The molecule has 0 atom stereocenters. The van der Waals surface area contributed by atoms with Gasteiger partial charge in [-0.05, 0) is 36.1 Å². The molecule has 0 N–H and O–H groups in total. The van der Waals surface area contributed by atoms with Gasteiger partial charge in [-0.2, -0.15) is 0 Å². The molecular weight excluding hydrogens is 288 g/mol. The summed E-state index contributed by atoms with van der Waals surface area (Å²) in [5.74, 6) is 0.514. The summed E-state index contributed by atoms with van der Waals surface area (Å²) in [5.41, 5.74) is 2.21. The average Bonchev–Trinajstić information content (AvgIpc) is 2.59. The van der Waals surface area contributed by atoms with Gasteiger partial charge in [0, 0.05) is 0 Å². The van der Waals surface area contributed by atoms with E-state index in [4.69, 9.17) is 9.47 Å². The van der Waals surface area contributed by atoms with Crippen molar-refractivity contribution in [3.8, 4) is 5.75 Å². The number of hydrogen-bond acceptors (Lipinski definition) is 3. The van der Waals surface area contributed by atoms with Crippen molar-refractivity contribution in [1.29, 1.82) is 0 Å². The molecule has 0 amide bonds. The van der Waals surface area contributed by atoms with Crippen LogP contribution in [0.1, 0.15) is 43.7 Å². The van der Waals surface area contributed by atoms with Gasteiger partial charge in [-0.1, -0.05) is 68.7 Å². The molecular formula is C20H24O3. The molecule has 0 aliphatic rings. The second-order valence-corrected chi connectivity index (χ2v) is 5.58. The Hall–Kier alpha value is -2.29. The van der Waals surface area contributed by atoms with Gasteiger partial charge in [-0.15, -0.1) is 0 Å². The largest absolute Gasteiger partial charge is 0.514 e. The molecule has 0 fully saturated rings. The minimum Gasteiger partial charge on any atom is -0.429 e. The topological polar surface area (TPSA) is 35.5 Å². The van der Waals surface area contributed by atoms with Crippen LogP contribution >= 0.6 is 0 Å². The summed E-state index contributed by atoms with van der Waals surface area (Å²) in [6.07, 6.45) is 5.39. The van der Waals surface area contributed by atoms with Gasteiger partial charge in [-0.25, -0.2) is 4.79 Å². The molecule has 0 aliphatic carbocycles. The highest BCUT2D eigenvalue weighted by molar-refractivity contribution is 5.63. The predicted octanol–water partition coefficient (Wildman–Crippen LogP) is 5.53. The number of hydrogen-bond donors (Lipinski definition) is 0. The minimum atomic E-state index is -0.676. The van der Waals surface area contributed by atoms with Crippen LogP contribution in [-0.4, -0.2) is 6.16 Å². The van der Waals surface area contributed by atoms with E-state index in [-0.39, 0.29) is 6.61 Å². The van der Waals surface area contributed by atoms with Crippen molar-refractivity contribution in [2.45, 2.75) is 45.6 Å². The monoisotopic (exact) mass is 312 g/mol. The molecule has 0 heterocycles. The Morgan fingerprint density at radius 1 is 0.870 bits per heavy atom. The maximum atomic E-state index is 11.7. The van der Waals surface area contributed by atoms with E-state index in [0.29, 0.717) is 5.75 Å². The molecule has 3 nitrogen and oxygen atoms in total. The van der Waals surface area contributed by atoms with E-state index < -0.39 is 6.16 Å². The average molecular weight is 312 g/mol. The summed E-state index contributed by atoms with van der Waals surface area (Å²) >= 11 is 0. The standard InChI is InChI=1S/C20H24O3/c1-2-3-4-6-9-17-12-14-19(15-13-17)23-20(21)22-16-18-10-7-5-8-11-18/h5,7-8,10-15H,2-4,6,9,16H2,1H3. The highest BCUT2D eigenvalue weighted by Gasteiger charge is 2.06. The Balaban J connectivity index is 1.73.